The molecule has 1 amide bonds. The van der Waals surface area contributed by atoms with Crippen molar-refractivity contribution in [3.63, 3.8) is 0 Å². The van der Waals surface area contributed by atoms with Crippen LogP contribution in [0.1, 0.15) is 5.69 Å². The maximum absolute atomic E-state index is 11.6. The molecule has 2 rings (SSSR count). The number of fused-ring (bicyclic) bond motifs is 1. The molecule has 0 unspecified atom stereocenters. The Morgan fingerprint density at radius 3 is 3.06 bits per heavy atom. The van der Waals surface area contributed by atoms with E-state index in [0.29, 0.717) is 13.0 Å². The van der Waals surface area contributed by atoms with E-state index in [-0.39, 0.29) is 5.91 Å². The lowest BCUT2D eigenvalue weighted by molar-refractivity contribution is -0.120. The summed E-state index contributed by atoms with van der Waals surface area (Å²) in [5, 5.41) is 5.80. The Morgan fingerprint density at radius 1 is 1.41 bits per heavy atom. The first-order valence-electron chi connectivity index (χ1n) is 5.63. The Bertz CT molecular complexity index is 473. The van der Waals surface area contributed by atoms with Crippen LogP contribution in [0.4, 0.5) is 0 Å². The van der Waals surface area contributed by atoms with Crippen LogP contribution >= 0.6 is 0 Å². The molecule has 0 aromatic carbocycles. The third kappa shape index (κ3) is 3.04. The lowest BCUT2D eigenvalue weighted by Gasteiger charge is -2.02. The van der Waals surface area contributed by atoms with E-state index < -0.39 is 0 Å². The molecule has 0 aliphatic rings. The highest BCUT2D eigenvalue weighted by atomic mass is 16.1. The first-order chi connectivity index (χ1) is 8.29. The summed E-state index contributed by atoms with van der Waals surface area (Å²) in [5.74, 6) is 0.00339. The summed E-state index contributed by atoms with van der Waals surface area (Å²) >= 11 is 0. The molecule has 5 heteroatoms. The molecule has 5 nitrogen and oxygen atoms in total. The van der Waals surface area contributed by atoms with Crippen molar-refractivity contribution in [3.8, 4) is 0 Å². The van der Waals surface area contributed by atoms with Crippen LogP contribution in [0.3, 0.4) is 0 Å². The molecule has 0 aliphatic carbocycles. The maximum atomic E-state index is 11.6. The number of likely N-dealkylation sites (N-methyl/N-ethyl adjacent to an activating group) is 1. The fraction of sp³-hybridized carbons (Fsp3) is 0.333. The number of hydrogen-bond donors (Lipinski definition) is 2. The van der Waals surface area contributed by atoms with E-state index in [1.807, 2.05) is 42.0 Å². The molecular formula is C12H16N4O. The minimum absolute atomic E-state index is 0.00339. The zero-order chi connectivity index (χ0) is 12.1. The van der Waals surface area contributed by atoms with Crippen molar-refractivity contribution in [1.29, 1.82) is 0 Å². The number of pyridine rings is 1. The van der Waals surface area contributed by atoms with E-state index in [1.54, 1.807) is 0 Å². The highest BCUT2D eigenvalue weighted by Crippen LogP contribution is 2.04. The maximum Gasteiger partial charge on any atom is 0.226 e. The number of hydrogen-bond acceptors (Lipinski definition) is 3. The zero-order valence-corrected chi connectivity index (χ0v) is 9.81. The third-order valence-electron chi connectivity index (χ3n) is 2.45. The Morgan fingerprint density at radius 2 is 2.29 bits per heavy atom. The van der Waals surface area contributed by atoms with Gasteiger partial charge >= 0.3 is 0 Å². The molecule has 2 heterocycles. The van der Waals surface area contributed by atoms with Gasteiger partial charge in [-0.1, -0.05) is 6.07 Å². The van der Waals surface area contributed by atoms with Gasteiger partial charge in [0.2, 0.25) is 5.91 Å². The molecule has 2 aromatic rings. The molecule has 0 aliphatic heterocycles. The largest absolute Gasteiger partial charge is 0.354 e. The van der Waals surface area contributed by atoms with Crippen LogP contribution in [-0.4, -0.2) is 35.4 Å². The first kappa shape index (κ1) is 11.6. The molecule has 2 aromatic heterocycles. The molecule has 0 radical (unpaired) electrons. The second kappa shape index (κ2) is 5.45. The van der Waals surface area contributed by atoms with Gasteiger partial charge in [-0.15, -0.1) is 0 Å². The minimum Gasteiger partial charge on any atom is -0.354 e. The molecule has 17 heavy (non-hydrogen) atoms. The van der Waals surface area contributed by atoms with Gasteiger partial charge < -0.3 is 15.0 Å². The summed E-state index contributed by atoms with van der Waals surface area (Å²) in [6.45, 7) is 1.42. The number of carbonyl (C=O) groups is 1. The van der Waals surface area contributed by atoms with Gasteiger partial charge in [0.15, 0.2) is 0 Å². The van der Waals surface area contributed by atoms with Crippen molar-refractivity contribution in [2.24, 2.45) is 0 Å². The van der Waals surface area contributed by atoms with Crippen LogP contribution in [-0.2, 0) is 11.2 Å². The summed E-state index contributed by atoms with van der Waals surface area (Å²) in [7, 11) is 1.86. The molecule has 0 bridgehead atoms. The van der Waals surface area contributed by atoms with Crippen molar-refractivity contribution in [1.82, 2.24) is 20.0 Å². The van der Waals surface area contributed by atoms with E-state index >= 15 is 0 Å². The van der Waals surface area contributed by atoms with Crippen LogP contribution in [0, 0.1) is 0 Å². The van der Waals surface area contributed by atoms with Crippen molar-refractivity contribution in [3.05, 3.63) is 36.3 Å². The lowest BCUT2D eigenvalue weighted by atomic mass is 10.3. The Labute approximate surface area is 99.9 Å². The summed E-state index contributed by atoms with van der Waals surface area (Å²) in [4.78, 5) is 15.9. The molecule has 90 valence electrons. The molecule has 0 saturated heterocycles. The third-order valence-corrected chi connectivity index (χ3v) is 2.45. The van der Waals surface area contributed by atoms with Gasteiger partial charge in [0.1, 0.15) is 5.65 Å². The van der Waals surface area contributed by atoms with Gasteiger partial charge in [-0.25, -0.2) is 4.98 Å². The van der Waals surface area contributed by atoms with Gasteiger partial charge in [-0.3, -0.25) is 4.79 Å². The quantitative estimate of drug-likeness (QED) is 0.725. The average molecular weight is 232 g/mol. The Kier molecular flexibility index (Phi) is 3.72. The van der Waals surface area contributed by atoms with E-state index in [1.165, 1.54) is 0 Å². The first-order valence-corrected chi connectivity index (χ1v) is 5.63. The highest BCUT2D eigenvalue weighted by Gasteiger charge is 2.06. The van der Waals surface area contributed by atoms with Crippen molar-refractivity contribution in [2.75, 3.05) is 20.1 Å². The fourth-order valence-electron chi connectivity index (χ4n) is 1.63. The molecule has 0 saturated carbocycles. The van der Waals surface area contributed by atoms with Crippen LogP contribution in [0.15, 0.2) is 30.6 Å². The molecular weight excluding hydrogens is 216 g/mol. The number of aromatic nitrogens is 2. The van der Waals surface area contributed by atoms with Gasteiger partial charge in [0.25, 0.3) is 0 Å². The molecule has 2 N–H and O–H groups in total. The van der Waals surface area contributed by atoms with Crippen molar-refractivity contribution >= 4 is 11.6 Å². The number of rotatable bonds is 5. The summed E-state index contributed by atoms with van der Waals surface area (Å²) in [6, 6.07) is 5.78. The summed E-state index contributed by atoms with van der Waals surface area (Å²) in [6.07, 6.45) is 4.13. The summed E-state index contributed by atoms with van der Waals surface area (Å²) in [5.41, 5.74) is 1.66. The number of carbonyl (C=O) groups excluding carboxylic acids is 1. The Hall–Kier alpha value is -1.88. The van der Waals surface area contributed by atoms with Gasteiger partial charge in [0, 0.05) is 25.5 Å². The number of imidazole rings is 1. The Balaban J connectivity index is 1.96. The van der Waals surface area contributed by atoms with E-state index in [9.17, 15) is 4.79 Å². The van der Waals surface area contributed by atoms with E-state index in [2.05, 4.69) is 15.6 Å². The molecule has 0 atom stereocenters. The standard InChI is InChI=1S/C12H16N4O/c1-13-5-6-14-12(17)8-10-9-16-7-3-2-4-11(16)15-10/h2-4,7,9,13H,5-6,8H2,1H3,(H,14,17). The van der Waals surface area contributed by atoms with E-state index in [4.69, 9.17) is 0 Å². The van der Waals surface area contributed by atoms with Gasteiger partial charge in [-0.05, 0) is 19.2 Å². The fourth-order valence-corrected chi connectivity index (χ4v) is 1.63. The molecule has 0 spiro atoms. The lowest BCUT2D eigenvalue weighted by Crippen LogP contribution is -2.31. The van der Waals surface area contributed by atoms with Gasteiger partial charge in [0.05, 0.1) is 12.1 Å². The van der Waals surface area contributed by atoms with Crippen LogP contribution in [0.2, 0.25) is 0 Å². The second-order valence-corrected chi connectivity index (χ2v) is 3.83. The predicted octanol–water partition coefficient (Wildman–Crippen LogP) is 0.212. The second-order valence-electron chi connectivity index (χ2n) is 3.83. The number of nitrogens with zero attached hydrogens (tertiary/aromatic N) is 2. The normalized spacial score (nSPS) is 10.6. The number of nitrogens with one attached hydrogen (secondary N) is 2. The minimum atomic E-state index is 0.00339. The zero-order valence-electron chi connectivity index (χ0n) is 9.81. The predicted molar refractivity (Wildman–Crippen MR) is 65.8 cm³/mol. The van der Waals surface area contributed by atoms with Gasteiger partial charge in [-0.2, -0.15) is 0 Å². The monoisotopic (exact) mass is 232 g/mol. The van der Waals surface area contributed by atoms with Crippen molar-refractivity contribution in [2.45, 2.75) is 6.42 Å². The van der Waals surface area contributed by atoms with Crippen LogP contribution < -0.4 is 10.6 Å². The SMILES string of the molecule is CNCCNC(=O)Cc1cn2ccccc2n1. The summed E-state index contributed by atoms with van der Waals surface area (Å²) < 4.78 is 1.91. The average Bonchev–Trinajstić information content (AvgIpc) is 2.71. The topological polar surface area (TPSA) is 58.4 Å². The van der Waals surface area contributed by atoms with Crippen molar-refractivity contribution < 1.29 is 4.79 Å². The highest BCUT2D eigenvalue weighted by molar-refractivity contribution is 5.78. The van der Waals surface area contributed by atoms with Crippen LogP contribution in [0.5, 0.6) is 0 Å². The van der Waals surface area contributed by atoms with E-state index in [0.717, 1.165) is 17.9 Å². The smallest absolute Gasteiger partial charge is 0.226 e. The number of amides is 1. The molecule has 0 fully saturated rings. The van der Waals surface area contributed by atoms with Crippen LogP contribution in [0.25, 0.3) is 5.65 Å².